The van der Waals surface area contributed by atoms with E-state index in [0.717, 1.165) is 13.0 Å². The average Bonchev–Trinajstić information content (AvgIpc) is 2.44. The Bertz CT molecular complexity index is 332. The van der Waals surface area contributed by atoms with Gasteiger partial charge in [0, 0.05) is 37.9 Å². The highest BCUT2D eigenvalue weighted by Gasteiger charge is 2.36. The molecule has 0 rings (SSSR count). The van der Waals surface area contributed by atoms with Crippen molar-refractivity contribution in [1.82, 2.24) is 10.6 Å². The molecule has 2 atom stereocenters. The van der Waals surface area contributed by atoms with Crippen molar-refractivity contribution in [1.29, 1.82) is 0 Å². The van der Waals surface area contributed by atoms with Crippen LogP contribution in [0.3, 0.4) is 0 Å². The first kappa shape index (κ1) is 28.2. The fourth-order valence-electron chi connectivity index (χ4n) is 1.98. The first-order valence-electron chi connectivity index (χ1n) is 10.1. The summed E-state index contributed by atoms with van der Waals surface area (Å²) in [6.07, 6.45) is 1.15. The third-order valence-corrected chi connectivity index (χ3v) is 9.20. The van der Waals surface area contributed by atoms with Gasteiger partial charge in [-0.25, -0.2) is 0 Å². The van der Waals surface area contributed by atoms with Crippen molar-refractivity contribution in [2.24, 2.45) is 0 Å². The van der Waals surface area contributed by atoms with Crippen molar-refractivity contribution in [2.75, 3.05) is 19.8 Å². The van der Waals surface area contributed by atoms with E-state index in [2.05, 4.69) is 65.3 Å². The average molecular weight is 393 g/mol. The molecule has 5 nitrogen and oxygen atoms in total. The molecule has 0 spiro atoms. The van der Waals surface area contributed by atoms with Crippen LogP contribution >= 0.6 is 0 Å². The van der Waals surface area contributed by atoms with Crippen LogP contribution in [0.15, 0.2) is 0 Å². The molecule has 0 aromatic heterocycles. The van der Waals surface area contributed by atoms with Crippen LogP contribution in [0.1, 0.15) is 68.2 Å². The predicted molar refractivity (Wildman–Crippen MR) is 116 cm³/mol. The van der Waals surface area contributed by atoms with Gasteiger partial charge in [-0.15, -0.1) is 0 Å². The van der Waals surface area contributed by atoms with Gasteiger partial charge in [0.15, 0.2) is 8.32 Å². The Hall–Kier alpha value is 0.0169. The molecule has 6 heteroatoms. The van der Waals surface area contributed by atoms with E-state index in [1.54, 1.807) is 0 Å². The van der Waals surface area contributed by atoms with Crippen molar-refractivity contribution in [2.45, 2.75) is 111 Å². The second kappa shape index (κ2) is 14.1. The summed E-state index contributed by atoms with van der Waals surface area (Å²) in [4.78, 5) is 0. The Morgan fingerprint density at radius 2 is 1.50 bits per heavy atom. The maximum absolute atomic E-state index is 9.08. The standard InChI is InChI=1S/C13H31NOSi.C7H17NO2/c1-11(2)14-12(3)9-10-15-16(7,8)13(4,5)6;1-6(2)8-5-7(10)3-4-9/h11-12,14H,9-10H2,1-8H3;6-10H,3-5H2,1-2H3. The maximum Gasteiger partial charge on any atom is 0.191 e. The number of aliphatic hydroxyl groups excluding tert-OH is 2. The molecule has 0 aromatic rings. The minimum atomic E-state index is -1.54. The Labute approximate surface area is 164 Å². The smallest absolute Gasteiger partial charge is 0.191 e. The van der Waals surface area contributed by atoms with Crippen LogP contribution in [0.2, 0.25) is 18.1 Å². The second-order valence-corrected chi connectivity index (χ2v) is 14.2. The summed E-state index contributed by atoms with van der Waals surface area (Å²) in [7, 11) is -1.54. The van der Waals surface area contributed by atoms with Crippen LogP contribution in [0.5, 0.6) is 0 Å². The molecule has 0 bridgehead atoms. The summed E-state index contributed by atoms with van der Waals surface area (Å²) in [6, 6.07) is 1.50. The van der Waals surface area contributed by atoms with E-state index in [1.807, 2.05) is 13.8 Å². The molecule has 0 saturated heterocycles. The van der Waals surface area contributed by atoms with Crippen molar-refractivity contribution in [3.05, 3.63) is 0 Å². The van der Waals surface area contributed by atoms with Gasteiger partial charge in [-0.2, -0.15) is 0 Å². The minimum Gasteiger partial charge on any atom is -0.417 e. The molecule has 0 radical (unpaired) electrons. The summed E-state index contributed by atoms with van der Waals surface area (Å²) in [5, 5.41) is 24.4. The number of hydrogen-bond acceptors (Lipinski definition) is 5. The van der Waals surface area contributed by atoms with Gasteiger partial charge in [0.2, 0.25) is 0 Å². The Balaban J connectivity index is 0. The molecule has 0 aliphatic rings. The molecule has 0 saturated carbocycles. The van der Waals surface area contributed by atoms with Crippen molar-refractivity contribution in [3.63, 3.8) is 0 Å². The number of hydrogen-bond donors (Lipinski definition) is 4. The van der Waals surface area contributed by atoms with E-state index in [1.165, 1.54) is 0 Å². The number of nitrogens with one attached hydrogen (secondary N) is 2. The molecular weight excluding hydrogens is 344 g/mol. The quantitative estimate of drug-likeness (QED) is 0.405. The molecule has 4 N–H and O–H groups in total. The molecule has 26 heavy (non-hydrogen) atoms. The van der Waals surface area contributed by atoms with Gasteiger partial charge in [-0.05, 0) is 37.9 Å². The fourth-order valence-corrected chi connectivity index (χ4v) is 3.04. The zero-order chi connectivity index (χ0) is 21.0. The van der Waals surface area contributed by atoms with E-state index in [-0.39, 0.29) is 6.61 Å². The fraction of sp³-hybridized carbons (Fsp3) is 1.00. The summed E-state index contributed by atoms with van der Waals surface area (Å²) in [5.41, 5.74) is 0. The lowest BCUT2D eigenvalue weighted by Gasteiger charge is -2.36. The zero-order valence-electron chi connectivity index (χ0n) is 19.1. The molecular formula is C20H48N2O3Si. The molecule has 0 aromatic carbocycles. The van der Waals surface area contributed by atoms with E-state index in [0.29, 0.717) is 36.1 Å². The van der Waals surface area contributed by atoms with Gasteiger partial charge >= 0.3 is 0 Å². The van der Waals surface area contributed by atoms with E-state index < -0.39 is 14.4 Å². The van der Waals surface area contributed by atoms with Crippen molar-refractivity contribution >= 4 is 8.32 Å². The highest BCUT2D eigenvalue weighted by Crippen LogP contribution is 2.36. The highest BCUT2D eigenvalue weighted by atomic mass is 28.4. The number of aliphatic hydroxyl groups is 2. The summed E-state index contributed by atoms with van der Waals surface area (Å²) >= 11 is 0. The number of rotatable bonds is 11. The van der Waals surface area contributed by atoms with Crippen LogP contribution in [0, 0.1) is 0 Å². The van der Waals surface area contributed by atoms with Crippen LogP contribution in [-0.4, -0.2) is 62.5 Å². The predicted octanol–water partition coefficient (Wildman–Crippen LogP) is 3.51. The molecule has 0 heterocycles. The minimum absolute atomic E-state index is 0.0565. The van der Waals surface area contributed by atoms with E-state index in [9.17, 15) is 0 Å². The third kappa shape index (κ3) is 16.2. The van der Waals surface area contributed by atoms with Gasteiger partial charge in [-0.1, -0.05) is 48.5 Å². The highest BCUT2D eigenvalue weighted by molar-refractivity contribution is 6.74. The van der Waals surface area contributed by atoms with Crippen LogP contribution in [-0.2, 0) is 4.43 Å². The lowest BCUT2D eigenvalue weighted by Crippen LogP contribution is -2.42. The van der Waals surface area contributed by atoms with Crippen molar-refractivity contribution < 1.29 is 14.6 Å². The summed E-state index contributed by atoms with van der Waals surface area (Å²) in [6.45, 7) is 23.6. The Kier molecular flexibility index (Phi) is 15.3. The van der Waals surface area contributed by atoms with E-state index >= 15 is 0 Å². The lowest BCUT2D eigenvalue weighted by atomic mass is 10.2. The van der Waals surface area contributed by atoms with Gasteiger partial charge in [-0.3, -0.25) is 0 Å². The largest absolute Gasteiger partial charge is 0.417 e. The van der Waals surface area contributed by atoms with Crippen molar-refractivity contribution in [3.8, 4) is 0 Å². The van der Waals surface area contributed by atoms with Gasteiger partial charge in [0.05, 0.1) is 6.10 Å². The SMILES string of the molecule is CC(C)NC(C)CCO[Si](C)(C)C(C)(C)C.CC(C)NCC(O)CCO. The molecule has 2 unspecified atom stereocenters. The zero-order valence-corrected chi connectivity index (χ0v) is 20.1. The van der Waals surface area contributed by atoms with Crippen LogP contribution < -0.4 is 10.6 Å². The first-order chi connectivity index (χ1) is 11.7. The first-order valence-corrected chi connectivity index (χ1v) is 13.1. The molecule has 0 fully saturated rings. The molecule has 160 valence electrons. The van der Waals surface area contributed by atoms with E-state index in [4.69, 9.17) is 14.6 Å². The molecule has 0 aliphatic carbocycles. The summed E-state index contributed by atoms with van der Waals surface area (Å²) < 4.78 is 6.15. The summed E-state index contributed by atoms with van der Waals surface area (Å²) in [5.74, 6) is 0. The monoisotopic (exact) mass is 392 g/mol. The topological polar surface area (TPSA) is 73.8 Å². The Morgan fingerprint density at radius 1 is 0.962 bits per heavy atom. The molecule has 0 aliphatic heterocycles. The molecule has 0 amide bonds. The lowest BCUT2D eigenvalue weighted by molar-refractivity contribution is 0.129. The maximum atomic E-state index is 9.08. The van der Waals surface area contributed by atoms with Gasteiger partial charge < -0.3 is 25.3 Å². The third-order valence-electron chi connectivity index (χ3n) is 4.66. The second-order valence-electron chi connectivity index (χ2n) is 9.35. The normalized spacial score (nSPS) is 15.0. The Morgan fingerprint density at radius 3 is 1.88 bits per heavy atom. The van der Waals surface area contributed by atoms with Crippen LogP contribution in [0.4, 0.5) is 0 Å². The van der Waals surface area contributed by atoms with Gasteiger partial charge in [0.1, 0.15) is 0 Å². The van der Waals surface area contributed by atoms with Crippen LogP contribution in [0.25, 0.3) is 0 Å². The van der Waals surface area contributed by atoms with Gasteiger partial charge in [0.25, 0.3) is 0 Å².